The summed E-state index contributed by atoms with van der Waals surface area (Å²) < 4.78 is 0. The second kappa shape index (κ2) is 6.06. The molecule has 0 bridgehead atoms. The topological polar surface area (TPSA) is 90.0 Å². The molecule has 2 N–H and O–H groups in total. The first-order chi connectivity index (χ1) is 12.0. The van der Waals surface area contributed by atoms with Gasteiger partial charge in [-0.1, -0.05) is 0 Å². The predicted octanol–water partition coefficient (Wildman–Crippen LogP) is 1.54. The third-order valence-corrected chi connectivity index (χ3v) is 5.50. The number of rotatable bonds is 2. The number of amides is 2. The van der Waals surface area contributed by atoms with Gasteiger partial charge < -0.3 is 20.2 Å². The van der Waals surface area contributed by atoms with Crippen LogP contribution in [0.2, 0.25) is 0 Å². The molecule has 0 aromatic heterocycles. The van der Waals surface area contributed by atoms with Gasteiger partial charge in [-0.05, 0) is 43.9 Å². The zero-order chi connectivity index (χ0) is 17.6. The molecule has 2 fully saturated rings. The number of benzene rings is 1. The number of carboxylic acids is 1. The van der Waals surface area contributed by atoms with E-state index < -0.39 is 5.97 Å². The van der Waals surface area contributed by atoms with E-state index in [0.717, 1.165) is 25.1 Å². The van der Waals surface area contributed by atoms with Crippen LogP contribution in [-0.2, 0) is 9.59 Å². The number of aliphatic carboxylic acids is 1. The van der Waals surface area contributed by atoms with E-state index in [-0.39, 0.29) is 23.8 Å². The fraction of sp³-hybridized carbons (Fsp3) is 0.500. The van der Waals surface area contributed by atoms with E-state index in [9.17, 15) is 14.4 Å². The maximum absolute atomic E-state index is 12.7. The van der Waals surface area contributed by atoms with Gasteiger partial charge in [0.2, 0.25) is 5.91 Å². The number of piperidine rings is 1. The number of hydrogen-bond acceptors (Lipinski definition) is 4. The molecule has 2 saturated heterocycles. The molecular weight excluding hydrogens is 322 g/mol. The van der Waals surface area contributed by atoms with Crippen molar-refractivity contribution in [1.29, 1.82) is 0 Å². The Kier molecular flexibility index (Phi) is 3.86. The summed E-state index contributed by atoms with van der Waals surface area (Å²) in [4.78, 5) is 39.8. The summed E-state index contributed by atoms with van der Waals surface area (Å²) in [6, 6.07) is 5.36. The zero-order valence-corrected chi connectivity index (χ0v) is 13.9. The van der Waals surface area contributed by atoms with Crippen molar-refractivity contribution in [2.75, 3.05) is 29.9 Å². The first-order valence-corrected chi connectivity index (χ1v) is 8.78. The van der Waals surface area contributed by atoms with Crippen LogP contribution < -0.4 is 10.2 Å². The molecule has 25 heavy (non-hydrogen) atoms. The molecule has 3 heterocycles. The van der Waals surface area contributed by atoms with Crippen LogP contribution in [0.1, 0.15) is 36.0 Å². The van der Waals surface area contributed by atoms with Crippen molar-refractivity contribution in [2.24, 2.45) is 5.92 Å². The van der Waals surface area contributed by atoms with Crippen molar-refractivity contribution >= 4 is 29.2 Å². The smallest absolute Gasteiger partial charge is 0.306 e. The Labute approximate surface area is 145 Å². The number of nitrogens with one attached hydrogen (secondary N) is 1. The molecule has 4 rings (SSSR count). The first-order valence-electron chi connectivity index (χ1n) is 8.78. The van der Waals surface area contributed by atoms with Gasteiger partial charge in [-0.15, -0.1) is 0 Å². The Balaban J connectivity index is 1.52. The lowest BCUT2D eigenvalue weighted by molar-refractivity contribution is -0.143. The number of hydrogen-bond donors (Lipinski definition) is 2. The lowest BCUT2D eigenvalue weighted by Crippen LogP contribution is -2.44. The predicted molar refractivity (Wildman–Crippen MR) is 91.7 cm³/mol. The normalized spacial score (nSPS) is 23.0. The molecule has 0 saturated carbocycles. The highest BCUT2D eigenvalue weighted by Gasteiger charge is 2.36. The van der Waals surface area contributed by atoms with Crippen molar-refractivity contribution in [3.63, 3.8) is 0 Å². The van der Waals surface area contributed by atoms with E-state index in [4.69, 9.17) is 5.11 Å². The standard InChI is InChI=1S/C18H21N3O4/c22-16-15-2-1-7-21(15)14-4-3-12(10-13(14)19-16)17(23)20-8-5-11(6-9-20)18(24)25/h3-4,10-11,15H,1-2,5-9H2,(H,19,22)(H,24,25). The Morgan fingerprint density at radius 2 is 1.88 bits per heavy atom. The molecular formula is C18H21N3O4. The molecule has 0 aliphatic carbocycles. The van der Waals surface area contributed by atoms with Gasteiger partial charge in [-0.2, -0.15) is 0 Å². The molecule has 0 radical (unpaired) electrons. The molecule has 1 aromatic rings. The summed E-state index contributed by atoms with van der Waals surface area (Å²) in [6.45, 7) is 1.77. The van der Waals surface area contributed by atoms with Crippen molar-refractivity contribution in [2.45, 2.75) is 31.7 Å². The van der Waals surface area contributed by atoms with Crippen LogP contribution in [0, 0.1) is 5.92 Å². The Hall–Kier alpha value is -2.57. The van der Waals surface area contributed by atoms with E-state index >= 15 is 0 Å². The van der Waals surface area contributed by atoms with Crippen LogP contribution >= 0.6 is 0 Å². The van der Waals surface area contributed by atoms with E-state index in [1.165, 1.54) is 0 Å². The Morgan fingerprint density at radius 1 is 1.12 bits per heavy atom. The Morgan fingerprint density at radius 3 is 2.60 bits per heavy atom. The highest BCUT2D eigenvalue weighted by Crippen LogP contribution is 2.37. The maximum Gasteiger partial charge on any atom is 0.306 e. The van der Waals surface area contributed by atoms with E-state index in [1.54, 1.807) is 17.0 Å². The van der Waals surface area contributed by atoms with Gasteiger partial charge in [0.1, 0.15) is 6.04 Å². The fourth-order valence-corrected chi connectivity index (χ4v) is 4.08. The van der Waals surface area contributed by atoms with Gasteiger partial charge >= 0.3 is 5.97 Å². The monoisotopic (exact) mass is 343 g/mol. The second-order valence-corrected chi connectivity index (χ2v) is 6.98. The summed E-state index contributed by atoms with van der Waals surface area (Å²) in [5.41, 5.74) is 2.20. The Bertz CT molecular complexity index is 740. The molecule has 1 aromatic carbocycles. The van der Waals surface area contributed by atoms with Crippen LogP contribution in [0.5, 0.6) is 0 Å². The molecule has 2 amide bonds. The number of carbonyl (C=O) groups is 3. The van der Waals surface area contributed by atoms with E-state index in [0.29, 0.717) is 37.2 Å². The number of carboxylic acid groups (broad SMARTS) is 1. The van der Waals surface area contributed by atoms with Crippen LogP contribution in [0.4, 0.5) is 11.4 Å². The molecule has 7 nitrogen and oxygen atoms in total. The second-order valence-electron chi connectivity index (χ2n) is 6.98. The number of nitrogens with zero attached hydrogens (tertiary/aromatic N) is 2. The minimum Gasteiger partial charge on any atom is -0.481 e. The molecule has 0 spiro atoms. The molecule has 7 heteroatoms. The fourth-order valence-electron chi connectivity index (χ4n) is 4.08. The number of likely N-dealkylation sites (tertiary alicyclic amines) is 1. The summed E-state index contributed by atoms with van der Waals surface area (Å²) in [7, 11) is 0. The summed E-state index contributed by atoms with van der Waals surface area (Å²) in [5, 5.41) is 12.0. The van der Waals surface area contributed by atoms with Crippen molar-refractivity contribution in [3.8, 4) is 0 Å². The number of fused-ring (bicyclic) bond motifs is 3. The SMILES string of the molecule is O=C(O)C1CCN(C(=O)c2ccc3c(c2)NC(=O)C2CCCN32)CC1. The van der Waals surface area contributed by atoms with Gasteiger partial charge in [-0.25, -0.2) is 0 Å². The quantitative estimate of drug-likeness (QED) is 0.850. The zero-order valence-electron chi connectivity index (χ0n) is 13.9. The summed E-state index contributed by atoms with van der Waals surface area (Å²) in [6.07, 6.45) is 2.83. The summed E-state index contributed by atoms with van der Waals surface area (Å²) in [5.74, 6) is -1.26. The lowest BCUT2D eigenvalue weighted by Gasteiger charge is -2.34. The minimum absolute atomic E-state index is 0.00290. The third kappa shape index (κ3) is 2.73. The van der Waals surface area contributed by atoms with E-state index in [1.807, 2.05) is 6.07 Å². The number of anilines is 2. The van der Waals surface area contributed by atoms with Crippen molar-refractivity contribution in [1.82, 2.24) is 4.90 Å². The highest BCUT2D eigenvalue weighted by atomic mass is 16.4. The lowest BCUT2D eigenvalue weighted by atomic mass is 9.96. The molecule has 3 aliphatic heterocycles. The van der Waals surface area contributed by atoms with Gasteiger partial charge in [-0.3, -0.25) is 14.4 Å². The average Bonchev–Trinajstić information content (AvgIpc) is 3.11. The van der Waals surface area contributed by atoms with Crippen LogP contribution in [-0.4, -0.2) is 53.5 Å². The van der Waals surface area contributed by atoms with Crippen LogP contribution in [0.3, 0.4) is 0 Å². The van der Waals surface area contributed by atoms with Gasteiger partial charge in [0, 0.05) is 25.2 Å². The van der Waals surface area contributed by atoms with Gasteiger partial charge in [0.15, 0.2) is 0 Å². The first kappa shape index (κ1) is 15.9. The third-order valence-electron chi connectivity index (χ3n) is 5.50. The van der Waals surface area contributed by atoms with Gasteiger partial charge in [0.05, 0.1) is 17.3 Å². The minimum atomic E-state index is -0.788. The largest absolute Gasteiger partial charge is 0.481 e. The molecule has 1 atom stereocenters. The van der Waals surface area contributed by atoms with Crippen LogP contribution in [0.25, 0.3) is 0 Å². The average molecular weight is 343 g/mol. The van der Waals surface area contributed by atoms with E-state index in [2.05, 4.69) is 10.2 Å². The van der Waals surface area contributed by atoms with Gasteiger partial charge in [0.25, 0.3) is 5.91 Å². The molecule has 3 aliphatic rings. The molecule has 1 unspecified atom stereocenters. The summed E-state index contributed by atoms with van der Waals surface area (Å²) >= 11 is 0. The van der Waals surface area contributed by atoms with Crippen molar-refractivity contribution < 1.29 is 19.5 Å². The highest BCUT2D eigenvalue weighted by molar-refractivity contribution is 6.06. The molecule has 132 valence electrons. The van der Waals surface area contributed by atoms with Crippen molar-refractivity contribution in [3.05, 3.63) is 23.8 Å². The maximum atomic E-state index is 12.7. The van der Waals surface area contributed by atoms with Crippen LogP contribution in [0.15, 0.2) is 18.2 Å². The number of carbonyl (C=O) groups excluding carboxylic acids is 2.